The molecule has 4 N–H and O–H groups in total. The molecule has 3 fully saturated rings. The Morgan fingerprint density at radius 2 is 1.88 bits per heavy atom. The molecule has 5 heteroatoms. The van der Waals surface area contributed by atoms with Gasteiger partial charge in [-0.2, -0.15) is 0 Å². The van der Waals surface area contributed by atoms with Crippen LogP contribution in [0.4, 0.5) is 17.1 Å². The summed E-state index contributed by atoms with van der Waals surface area (Å²) in [6, 6.07) is 4.21. The predicted octanol–water partition coefficient (Wildman–Crippen LogP) is 3.61. The van der Waals surface area contributed by atoms with Crippen molar-refractivity contribution >= 4 is 23.0 Å². The number of carbonyl (C=O) groups excluding carboxylic acids is 1. The summed E-state index contributed by atoms with van der Waals surface area (Å²) in [5, 5.41) is 6.43. The minimum absolute atomic E-state index is 0.0310. The number of rotatable bonds is 4. The molecule has 5 nitrogen and oxygen atoms in total. The lowest BCUT2D eigenvalue weighted by molar-refractivity contribution is 0.0877. The Labute approximate surface area is 156 Å². The summed E-state index contributed by atoms with van der Waals surface area (Å²) in [4.78, 5) is 15.4. The van der Waals surface area contributed by atoms with Crippen LogP contribution < -0.4 is 21.3 Å². The van der Waals surface area contributed by atoms with Crippen molar-refractivity contribution in [3.8, 4) is 0 Å². The van der Waals surface area contributed by atoms with Gasteiger partial charge >= 0.3 is 0 Å². The summed E-state index contributed by atoms with van der Waals surface area (Å²) in [7, 11) is 1.88. The molecule has 4 rings (SSSR count). The maximum absolute atomic E-state index is 13.0. The molecule has 1 heterocycles. The van der Waals surface area contributed by atoms with E-state index in [1.807, 2.05) is 13.1 Å². The Morgan fingerprint density at radius 3 is 2.46 bits per heavy atom. The van der Waals surface area contributed by atoms with Gasteiger partial charge in [-0.1, -0.05) is 13.3 Å². The van der Waals surface area contributed by atoms with Crippen LogP contribution in [0.1, 0.15) is 62.2 Å². The van der Waals surface area contributed by atoms with E-state index in [0.29, 0.717) is 17.1 Å². The molecule has 0 unspecified atom stereocenters. The highest BCUT2D eigenvalue weighted by Gasteiger charge is 2.48. The smallest absolute Gasteiger partial charge is 0.253 e. The quantitative estimate of drug-likeness (QED) is 0.721. The van der Waals surface area contributed by atoms with Gasteiger partial charge in [-0.25, -0.2) is 0 Å². The van der Waals surface area contributed by atoms with Crippen LogP contribution >= 0.6 is 0 Å². The molecule has 0 bridgehead atoms. The van der Waals surface area contributed by atoms with Crippen LogP contribution in [-0.4, -0.2) is 32.1 Å². The highest BCUT2D eigenvalue weighted by atomic mass is 16.1. The molecule has 1 saturated heterocycles. The number of carbonyl (C=O) groups is 1. The third kappa shape index (κ3) is 3.12. The Morgan fingerprint density at radius 1 is 1.19 bits per heavy atom. The molecule has 2 saturated carbocycles. The average molecular weight is 357 g/mol. The van der Waals surface area contributed by atoms with E-state index in [0.717, 1.165) is 48.8 Å². The third-order valence-electron chi connectivity index (χ3n) is 6.84. The minimum Gasteiger partial charge on any atom is -0.397 e. The third-order valence-corrected chi connectivity index (χ3v) is 6.84. The lowest BCUT2D eigenvalue weighted by atomic mass is 9.63. The monoisotopic (exact) mass is 356 g/mol. The number of benzene rings is 1. The van der Waals surface area contributed by atoms with Crippen molar-refractivity contribution in [3.63, 3.8) is 0 Å². The first-order chi connectivity index (χ1) is 12.5. The first-order valence-corrected chi connectivity index (χ1v) is 10.2. The normalized spacial score (nSPS) is 26.8. The highest BCUT2D eigenvalue weighted by Crippen LogP contribution is 2.50. The molecular formula is C21H32N4O. The van der Waals surface area contributed by atoms with Gasteiger partial charge in [-0.3, -0.25) is 4.79 Å². The van der Waals surface area contributed by atoms with Crippen LogP contribution in [0.3, 0.4) is 0 Å². The lowest BCUT2D eigenvalue weighted by Crippen LogP contribution is -2.60. The second kappa shape index (κ2) is 6.67. The molecule has 0 radical (unpaired) electrons. The number of nitrogens with one attached hydrogen (secondary N) is 2. The van der Waals surface area contributed by atoms with Crippen LogP contribution in [0.15, 0.2) is 12.1 Å². The van der Waals surface area contributed by atoms with Gasteiger partial charge in [-0.15, -0.1) is 0 Å². The van der Waals surface area contributed by atoms with Crippen molar-refractivity contribution in [3.05, 3.63) is 17.7 Å². The number of nitrogens with zero attached hydrogens (tertiary/aromatic N) is 1. The van der Waals surface area contributed by atoms with Gasteiger partial charge in [0.2, 0.25) is 0 Å². The SMILES string of the molecule is CNc1cc(N2CC3(CCC3)C2)c(C(=O)N[C@H]2CC[C@H](C)CC2)cc1N. The van der Waals surface area contributed by atoms with Crippen molar-refractivity contribution in [2.75, 3.05) is 36.1 Å². The van der Waals surface area contributed by atoms with Crippen LogP contribution in [0.2, 0.25) is 0 Å². The zero-order chi connectivity index (χ0) is 18.3. The summed E-state index contributed by atoms with van der Waals surface area (Å²) in [6.07, 6.45) is 8.59. The molecule has 1 aromatic rings. The fraction of sp³-hybridized carbons (Fsp3) is 0.667. The van der Waals surface area contributed by atoms with Gasteiger partial charge in [0.1, 0.15) is 0 Å². The summed E-state index contributed by atoms with van der Waals surface area (Å²) in [6.45, 7) is 4.44. The number of nitrogens with two attached hydrogens (primary N) is 1. The fourth-order valence-corrected chi connectivity index (χ4v) is 4.86. The number of nitrogen functional groups attached to an aromatic ring is 1. The second-order valence-corrected chi connectivity index (χ2v) is 8.85. The Kier molecular flexibility index (Phi) is 4.49. The van der Waals surface area contributed by atoms with E-state index in [4.69, 9.17) is 5.73 Å². The highest BCUT2D eigenvalue weighted by molar-refractivity contribution is 6.02. The van der Waals surface area contributed by atoms with Crippen LogP contribution in [0.25, 0.3) is 0 Å². The average Bonchev–Trinajstić information content (AvgIpc) is 2.55. The number of hydrogen-bond acceptors (Lipinski definition) is 4. The van der Waals surface area contributed by atoms with E-state index in [-0.39, 0.29) is 5.91 Å². The largest absolute Gasteiger partial charge is 0.397 e. The first kappa shape index (κ1) is 17.5. The van der Waals surface area contributed by atoms with Crippen molar-refractivity contribution in [2.45, 2.75) is 57.9 Å². The Hall–Kier alpha value is -1.91. The summed E-state index contributed by atoms with van der Waals surface area (Å²) in [5.74, 6) is 0.812. The minimum atomic E-state index is 0.0310. The van der Waals surface area contributed by atoms with Crippen molar-refractivity contribution < 1.29 is 4.79 Å². The first-order valence-electron chi connectivity index (χ1n) is 10.2. The molecule has 1 spiro atoms. The zero-order valence-corrected chi connectivity index (χ0v) is 16.1. The Balaban J connectivity index is 1.53. The molecule has 0 atom stereocenters. The van der Waals surface area contributed by atoms with E-state index < -0.39 is 0 Å². The van der Waals surface area contributed by atoms with E-state index >= 15 is 0 Å². The maximum Gasteiger partial charge on any atom is 0.253 e. The summed E-state index contributed by atoms with van der Waals surface area (Å²) in [5.41, 5.74) is 10.00. The summed E-state index contributed by atoms with van der Waals surface area (Å²) < 4.78 is 0. The molecule has 2 aliphatic carbocycles. The van der Waals surface area contributed by atoms with E-state index in [1.165, 1.54) is 32.1 Å². The van der Waals surface area contributed by atoms with Crippen molar-refractivity contribution in [2.24, 2.45) is 11.3 Å². The molecule has 1 aliphatic heterocycles. The molecule has 26 heavy (non-hydrogen) atoms. The lowest BCUT2D eigenvalue weighted by Gasteiger charge is -2.57. The van der Waals surface area contributed by atoms with E-state index in [1.54, 1.807) is 0 Å². The van der Waals surface area contributed by atoms with Crippen molar-refractivity contribution in [1.82, 2.24) is 5.32 Å². The second-order valence-electron chi connectivity index (χ2n) is 8.85. The van der Waals surface area contributed by atoms with E-state index in [9.17, 15) is 4.79 Å². The van der Waals surface area contributed by atoms with Crippen LogP contribution in [0, 0.1) is 11.3 Å². The predicted molar refractivity (Wildman–Crippen MR) is 108 cm³/mol. The molecular weight excluding hydrogens is 324 g/mol. The van der Waals surface area contributed by atoms with Crippen LogP contribution in [0.5, 0.6) is 0 Å². The molecule has 1 amide bonds. The Bertz CT molecular complexity index is 681. The van der Waals surface area contributed by atoms with Crippen LogP contribution in [-0.2, 0) is 0 Å². The molecule has 0 aromatic heterocycles. The maximum atomic E-state index is 13.0. The molecule has 3 aliphatic rings. The number of anilines is 3. The number of amides is 1. The topological polar surface area (TPSA) is 70.4 Å². The fourth-order valence-electron chi connectivity index (χ4n) is 4.86. The van der Waals surface area contributed by atoms with Gasteiger partial charge in [0.15, 0.2) is 0 Å². The van der Waals surface area contributed by atoms with Gasteiger partial charge in [0.05, 0.1) is 22.6 Å². The molecule has 142 valence electrons. The standard InChI is InChI=1S/C21H32N4O/c1-14-4-6-15(7-5-14)24-20(26)16-10-17(22)18(23-2)11-19(16)25-12-21(13-25)8-3-9-21/h10-11,14-15,23H,3-9,12-13,22H2,1-2H3,(H,24,26)/t14-,15-. The van der Waals surface area contributed by atoms with E-state index in [2.05, 4.69) is 28.5 Å². The van der Waals surface area contributed by atoms with Crippen molar-refractivity contribution in [1.29, 1.82) is 0 Å². The van der Waals surface area contributed by atoms with Gasteiger partial charge < -0.3 is 21.3 Å². The number of hydrogen-bond donors (Lipinski definition) is 3. The summed E-state index contributed by atoms with van der Waals surface area (Å²) >= 11 is 0. The van der Waals surface area contributed by atoms with Gasteiger partial charge in [-0.05, 0) is 56.6 Å². The zero-order valence-electron chi connectivity index (χ0n) is 16.1. The van der Waals surface area contributed by atoms with Gasteiger partial charge in [0, 0.05) is 31.6 Å². The molecule has 1 aromatic carbocycles. The van der Waals surface area contributed by atoms with Gasteiger partial charge in [0.25, 0.3) is 5.91 Å².